The molecule has 1 aromatic carbocycles. The van der Waals surface area contributed by atoms with Crippen LogP contribution in [0.3, 0.4) is 0 Å². The molecule has 2 rings (SSSR count). The van der Waals surface area contributed by atoms with E-state index in [0.717, 1.165) is 24.7 Å². The van der Waals surface area contributed by atoms with Gasteiger partial charge in [-0.05, 0) is 43.0 Å². The van der Waals surface area contributed by atoms with Gasteiger partial charge >= 0.3 is 0 Å². The van der Waals surface area contributed by atoms with Crippen molar-refractivity contribution in [3.63, 3.8) is 0 Å². The van der Waals surface area contributed by atoms with Crippen molar-refractivity contribution in [2.75, 3.05) is 29.2 Å². The van der Waals surface area contributed by atoms with Crippen LogP contribution in [0, 0.1) is 11.8 Å². The second-order valence-corrected chi connectivity index (χ2v) is 6.07. The highest BCUT2D eigenvalue weighted by Crippen LogP contribution is 2.24. The van der Waals surface area contributed by atoms with E-state index in [1.807, 2.05) is 19.1 Å². The molecule has 1 aromatic rings. The number of rotatable bonds is 4. The highest BCUT2D eigenvalue weighted by Gasteiger charge is 2.16. The molecule has 1 fully saturated rings. The average Bonchev–Trinajstić information content (AvgIpc) is 2.48. The van der Waals surface area contributed by atoms with E-state index in [1.54, 1.807) is 0 Å². The minimum Gasteiger partial charge on any atom is -0.372 e. The van der Waals surface area contributed by atoms with Crippen LogP contribution in [-0.4, -0.2) is 24.9 Å². The summed E-state index contributed by atoms with van der Waals surface area (Å²) in [4.78, 5) is 14.2. The number of nitrogens with zero attached hydrogens (tertiary/aromatic N) is 1. The molecule has 0 aliphatic carbocycles. The molecule has 0 bridgehead atoms. The maximum absolute atomic E-state index is 11.8. The molecule has 20 heavy (non-hydrogen) atoms. The maximum Gasteiger partial charge on any atom is 0.228 e. The third-order valence-electron chi connectivity index (χ3n) is 3.96. The first-order valence-corrected chi connectivity index (χ1v) is 7.85. The van der Waals surface area contributed by atoms with E-state index in [4.69, 9.17) is 11.6 Å². The van der Waals surface area contributed by atoms with Gasteiger partial charge < -0.3 is 10.2 Å². The molecule has 0 saturated carbocycles. The topological polar surface area (TPSA) is 32.3 Å². The fourth-order valence-electron chi connectivity index (χ4n) is 2.36. The predicted molar refractivity (Wildman–Crippen MR) is 85.6 cm³/mol. The van der Waals surface area contributed by atoms with Crippen molar-refractivity contribution >= 4 is 28.9 Å². The molecule has 1 unspecified atom stereocenters. The van der Waals surface area contributed by atoms with Crippen LogP contribution in [-0.2, 0) is 4.79 Å². The quantitative estimate of drug-likeness (QED) is 0.858. The Kier molecular flexibility index (Phi) is 5.30. The van der Waals surface area contributed by atoms with Gasteiger partial charge in [-0.3, -0.25) is 4.79 Å². The molecule has 4 heteroatoms. The summed E-state index contributed by atoms with van der Waals surface area (Å²) in [5.41, 5.74) is 2.07. The number of carbonyl (C=O) groups is 1. The summed E-state index contributed by atoms with van der Waals surface area (Å²) in [6, 6.07) is 8.09. The Hall–Kier alpha value is -1.22. The lowest BCUT2D eigenvalue weighted by Crippen LogP contribution is -2.32. The molecule has 1 saturated heterocycles. The van der Waals surface area contributed by atoms with Gasteiger partial charge in [0.15, 0.2) is 0 Å². The van der Waals surface area contributed by atoms with Crippen molar-refractivity contribution in [3.8, 4) is 0 Å². The van der Waals surface area contributed by atoms with Crippen LogP contribution in [0.4, 0.5) is 11.4 Å². The first kappa shape index (κ1) is 15.2. The van der Waals surface area contributed by atoms with Crippen molar-refractivity contribution in [2.24, 2.45) is 11.8 Å². The molecule has 0 spiro atoms. The molecular weight excluding hydrogens is 272 g/mol. The SMILES string of the molecule is CC1CCN(c2ccc(NC(=O)C(C)CCl)cc2)CC1. The molecule has 1 N–H and O–H groups in total. The number of anilines is 2. The smallest absolute Gasteiger partial charge is 0.228 e. The number of piperidine rings is 1. The molecule has 1 aliphatic rings. The van der Waals surface area contributed by atoms with Crippen LogP contribution in [0.15, 0.2) is 24.3 Å². The Bertz CT molecular complexity index is 438. The molecule has 3 nitrogen and oxygen atoms in total. The second kappa shape index (κ2) is 6.98. The number of hydrogen-bond donors (Lipinski definition) is 1. The van der Waals surface area contributed by atoms with Crippen molar-refractivity contribution in [1.82, 2.24) is 0 Å². The van der Waals surface area contributed by atoms with Crippen LogP contribution in [0.1, 0.15) is 26.7 Å². The number of nitrogens with one attached hydrogen (secondary N) is 1. The summed E-state index contributed by atoms with van der Waals surface area (Å²) >= 11 is 5.68. The zero-order valence-corrected chi connectivity index (χ0v) is 13.0. The molecule has 0 radical (unpaired) electrons. The summed E-state index contributed by atoms with van der Waals surface area (Å²) in [7, 11) is 0. The monoisotopic (exact) mass is 294 g/mol. The number of carbonyl (C=O) groups excluding carboxylic acids is 1. The van der Waals surface area contributed by atoms with E-state index in [0.29, 0.717) is 5.88 Å². The number of alkyl halides is 1. The van der Waals surface area contributed by atoms with Crippen molar-refractivity contribution < 1.29 is 4.79 Å². The van der Waals surface area contributed by atoms with Gasteiger partial charge in [0.05, 0.1) is 0 Å². The van der Waals surface area contributed by atoms with Crippen molar-refractivity contribution in [3.05, 3.63) is 24.3 Å². The fourth-order valence-corrected chi connectivity index (χ4v) is 2.50. The second-order valence-electron chi connectivity index (χ2n) is 5.76. The third-order valence-corrected chi connectivity index (χ3v) is 4.43. The van der Waals surface area contributed by atoms with Crippen LogP contribution in [0.25, 0.3) is 0 Å². The number of hydrogen-bond acceptors (Lipinski definition) is 2. The molecule has 0 aromatic heterocycles. The highest BCUT2D eigenvalue weighted by atomic mass is 35.5. The van der Waals surface area contributed by atoms with Gasteiger partial charge in [0.2, 0.25) is 5.91 Å². The van der Waals surface area contributed by atoms with Crippen LogP contribution in [0.2, 0.25) is 0 Å². The molecular formula is C16H23ClN2O. The van der Waals surface area contributed by atoms with Gasteiger partial charge in [-0.2, -0.15) is 0 Å². The van der Waals surface area contributed by atoms with Crippen molar-refractivity contribution in [2.45, 2.75) is 26.7 Å². The summed E-state index contributed by atoms with van der Waals surface area (Å²) in [6.45, 7) is 6.38. The fraction of sp³-hybridized carbons (Fsp3) is 0.562. The van der Waals surface area contributed by atoms with E-state index >= 15 is 0 Å². The zero-order chi connectivity index (χ0) is 14.5. The Balaban J connectivity index is 1.94. The summed E-state index contributed by atoms with van der Waals surface area (Å²) in [5, 5.41) is 2.89. The minimum atomic E-state index is -0.167. The maximum atomic E-state index is 11.8. The van der Waals surface area contributed by atoms with Gasteiger partial charge in [-0.1, -0.05) is 13.8 Å². The average molecular weight is 295 g/mol. The minimum absolute atomic E-state index is 0.0282. The lowest BCUT2D eigenvalue weighted by atomic mass is 9.99. The van der Waals surface area contributed by atoms with Gasteiger partial charge in [0.1, 0.15) is 0 Å². The largest absolute Gasteiger partial charge is 0.372 e. The Morgan fingerprint density at radius 1 is 1.35 bits per heavy atom. The molecule has 1 amide bonds. The first-order valence-electron chi connectivity index (χ1n) is 7.32. The number of benzene rings is 1. The summed E-state index contributed by atoms with van der Waals surface area (Å²) < 4.78 is 0. The van der Waals surface area contributed by atoms with E-state index in [9.17, 15) is 4.79 Å². The van der Waals surface area contributed by atoms with Crippen LogP contribution < -0.4 is 10.2 Å². The van der Waals surface area contributed by atoms with Crippen LogP contribution >= 0.6 is 11.6 Å². The van der Waals surface area contributed by atoms with Gasteiger partial charge in [0.25, 0.3) is 0 Å². The van der Waals surface area contributed by atoms with E-state index in [-0.39, 0.29) is 11.8 Å². The molecule has 110 valence electrons. The Labute approximate surface area is 126 Å². The first-order chi connectivity index (χ1) is 9.60. The summed E-state index contributed by atoms with van der Waals surface area (Å²) in [6.07, 6.45) is 2.51. The lowest BCUT2D eigenvalue weighted by molar-refractivity contribution is -0.118. The molecule has 1 aliphatic heterocycles. The Morgan fingerprint density at radius 3 is 2.50 bits per heavy atom. The molecule has 1 heterocycles. The Morgan fingerprint density at radius 2 is 1.95 bits per heavy atom. The van der Waals surface area contributed by atoms with Gasteiger partial charge in [0, 0.05) is 36.3 Å². The van der Waals surface area contributed by atoms with E-state index in [1.165, 1.54) is 18.5 Å². The van der Waals surface area contributed by atoms with E-state index < -0.39 is 0 Å². The number of amides is 1. The summed E-state index contributed by atoms with van der Waals surface area (Å²) in [5.74, 6) is 0.983. The highest BCUT2D eigenvalue weighted by molar-refractivity contribution is 6.19. The van der Waals surface area contributed by atoms with Crippen molar-refractivity contribution in [1.29, 1.82) is 0 Å². The predicted octanol–water partition coefficient (Wildman–Crippen LogP) is 3.74. The third kappa shape index (κ3) is 3.89. The van der Waals surface area contributed by atoms with E-state index in [2.05, 4.69) is 29.3 Å². The van der Waals surface area contributed by atoms with Crippen LogP contribution in [0.5, 0.6) is 0 Å². The lowest BCUT2D eigenvalue weighted by Gasteiger charge is -2.32. The number of halogens is 1. The van der Waals surface area contributed by atoms with Gasteiger partial charge in [-0.25, -0.2) is 0 Å². The zero-order valence-electron chi connectivity index (χ0n) is 12.2. The normalized spacial score (nSPS) is 17.9. The standard InChI is InChI=1S/C16H23ClN2O/c1-12-7-9-19(10-8-12)15-5-3-14(4-6-15)18-16(20)13(2)11-17/h3-6,12-13H,7-11H2,1-2H3,(H,18,20). The molecule has 1 atom stereocenters. The van der Waals surface area contributed by atoms with Gasteiger partial charge in [-0.15, -0.1) is 11.6 Å².